The molecule has 0 N–H and O–H groups in total. The van der Waals surface area contributed by atoms with E-state index in [4.69, 9.17) is 0 Å². The Morgan fingerprint density at radius 1 is 1.42 bits per heavy atom. The Morgan fingerprint density at radius 2 is 2.08 bits per heavy atom. The highest BCUT2D eigenvalue weighted by atomic mass is 15.0. The maximum Gasteiger partial charge on any atom is 0.0360 e. The molecule has 0 saturated carbocycles. The SMILES string of the molecule is CCN=C/C=C(\C)CCN(C)C. The highest BCUT2D eigenvalue weighted by Gasteiger charge is 1.90. The van der Waals surface area contributed by atoms with Gasteiger partial charge in [0.05, 0.1) is 0 Å². The first-order chi connectivity index (χ1) is 5.66. The van der Waals surface area contributed by atoms with Crippen molar-refractivity contribution >= 4 is 6.21 Å². The van der Waals surface area contributed by atoms with E-state index < -0.39 is 0 Å². The molecule has 12 heavy (non-hydrogen) atoms. The standard InChI is InChI=1S/C10H20N2/c1-5-11-8-6-10(2)7-9-12(3)4/h6,8H,5,7,9H2,1-4H3/b10-6+,11-8?. The Kier molecular flexibility index (Phi) is 6.67. The van der Waals surface area contributed by atoms with E-state index in [1.807, 2.05) is 13.1 Å². The highest BCUT2D eigenvalue weighted by Crippen LogP contribution is 1.98. The third-order valence-electron chi connectivity index (χ3n) is 1.60. The molecule has 0 saturated heterocycles. The van der Waals surface area contributed by atoms with Crippen LogP contribution in [0, 0.1) is 0 Å². The molecule has 2 heteroatoms. The van der Waals surface area contributed by atoms with E-state index in [2.05, 4.69) is 37.0 Å². The Morgan fingerprint density at radius 3 is 2.58 bits per heavy atom. The van der Waals surface area contributed by atoms with Crippen LogP contribution in [0.3, 0.4) is 0 Å². The molecule has 0 aromatic carbocycles. The second kappa shape index (κ2) is 7.04. The Balaban J connectivity index is 3.63. The lowest BCUT2D eigenvalue weighted by Gasteiger charge is -2.08. The monoisotopic (exact) mass is 168 g/mol. The van der Waals surface area contributed by atoms with Gasteiger partial charge in [-0.15, -0.1) is 0 Å². The molecular weight excluding hydrogens is 148 g/mol. The zero-order valence-electron chi connectivity index (χ0n) is 8.67. The van der Waals surface area contributed by atoms with Gasteiger partial charge in [0.25, 0.3) is 0 Å². The van der Waals surface area contributed by atoms with Crippen molar-refractivity contribution in [1.29, 1.82) is 0 Å². The van der Waals surface area contributed by atoms with Gasteiger partial charge in [0.1, 0.15) is 0 Å². The van der Waals surface area contributed by atoms with Gasteiger partial charge in [0.2, 0.25) is 0 Å². The Labute approximate surface area is 76.0 Å². The van der Waals surface area contributed by atoms with E-state index in [1.54, 1.807) is 0 Å². The van der Waals surface area contributed by atoms with Crippen molar-refractivity contribution in [2.24, 2.45) is 4.99 Å². The van der Waals surface area contributed by atoms with Gasteiger partial charge >= 0.3 is 0 Å². The summed E-state index contributed by atoms with van der Waals surface area (Å²) in [7, 11) is 4.18. The molecule has 0 heterocycles. The molecular formula is C10H20N2. The molecule has 0 unspecified atom stereocenters. The first-order valence-electron chi connectivity index (χ1n) is 4.47. The van der Waals surface area contributed by atoms with Crippen molar-refractivity contribution in [2.45, 2.75) is 20.3 Å². The zero-order valence-corrected chi connectivity index (χ0v) is 8.67. The molecule has 0 fully saturated rings. The van der Waals surface area contributed by atoms with Crippen LogP contribution in [0.5, 0.6) is 0 Å². The normalized spacial score (nSPS) is 13.2. The molecule has 0 aliphatic carbocycles. The van der Waals surface area contributed by atoms with Crippen LogP contribution in [0.15, 0.2) is 16.6 Å². The summed E-state index contributed by atoms with van der Waals surface area (Å²) in [6.07, 6.45) is 5.11. The van der Waals surface area contributed by atoms with Gasteiger partial charge in [-0.2, -0.15) is 0 Å². The molecule has 2 nitrogen and oxygen atoms in total. The van der Waals surface area contributed by atoms with Crippen LogP contribution in [0.1, 0.15) is 20.3 Å². The summed E-state index contributed by atoms with van der Waals surface area (Å²) >= 11 is 0. The highest BCUT2D eigenvalue weighted by molar-refractivity contribution is 5.71. The van der Waals surface area contributed by atoms with E-state index >= 15 is 0 Å². The third kappa shape index (κ3) is 7.48. The van der Waals surface area contributed by atoms with Crippen LogP contribution in [0.2, 0.25) is 0 Å². The second-order valence-corrected chi connectivity index (χ2v) is 3.21. The summed E-state index contributed by atoms with van der Waals surface area (Å²) in [5.74, 6) is 0. The molecule has 0 atom stereocenters. The van der Waals surface area contributed by atoms with Gasteiger partial charge in [-0.3, -0.25) is 4.99 Å². The first-order valence-corrected chi connectivity index (χ1v) is 4.47. The summed E-state index contributed by atoms with van der Waals surface area (Å²) in [5, 5.41) is 0. The van der Waals surface area contributed by atoms with Crippen molar-refractivity contribution < 1.29 is 0 Å². The van der Waals surface area contributed by atoms with Gasteiger partial charge in [-0.25, -0.2) is 0 Å². The largest absolute Gasteiger partial charge is 0.309 e. The average Bonchev–Trinajstić information content (AvgIpc) is 2.01. The first kappa shape index (κ1) is 11.4. The molecule has 70 valence electrons. The van der Waals surface area contributed by atoms with E-state index in [-0.39, 0.29) is 0 Å². The molecule has 0 amide bonds. The van der Waals surface area contributed by atoms with Crippen molar-refractivity contribution in [2.75, 3.05) is 27.2 Å². The molecule has 0 radical (unpaired) electrons. The number of nitrogens with zero attached hydrogens (tertiary/aromatic N) is 2. The summed E-state index contributed by atoms with van der Waals surface area (Å²) in [6, 6.07) is 0. The molecule has 0 aliphatic rings. The van der Waals surface area contributed by atoms with Crippen molar-refractivity contribution in [3.8, 4) is 0 Å². The number of rotatable bonds is 5. The minimum absolute atomic E-state index is 0.872. The fourth-order valence-corrected chi connectivity index (χ4v) is 0.769. The van der Waals surface area contributed by atoms with Gasteiger partial charge in [-0.1, -0.05) is 5.57 Å². The molecule has 0 rings (SSSR count). The third-order valence-corrected chi connectivity index (χ3v) is 1.60. The topological polar surface area (TPSA) is 15.6 Å². The van der Waals surface area contributed by atoms with E-state index in [1.165, 1.54) is 5.57 Å². The Bertz CT molecular complexity index is 157. The maximum absolute atomic E-state index is 4.12. The maximum atomic E-state index is 4.12. The van der Waals surface area contributed by atoms with Crippen LogP contribution < -0.4 is 0 Å². The van der Waals surface area contributed by atoms with Crippen molar-refractivity contribution in [3.05, 3.63) is 11.6 Å². The average molecular weight is 168 g/mol. The van der Waals surface area contributed by atoms with Crippen LogP contribution in [0.4, 0.5) is 0 Å². The van der Waals surface area contributed by atoms with E-state index in [9.17, 15) is 0 Å². The quantitative estimate of drug-likeness (QED) is 0.573. The van der Waals surface area contributed by atoms with Crippen LogP contribution >= 0.6 is 0 Å². The molecule has 0 aliphatic heterocycles. The predicted octanol–water partition coefficient (Wildman–Crippen LogP) is 1.98. The molecule has 0 bridgehead atoms. The lowest BCUT2D eigenvalue weighted by Crippen LogP contribution is -2.12. The molecule has 0 aromatic heterocycles. The minimum atomic E-state index is 0.872. The smallest absolute Gasteiger partial charge is 0.0360 e. The van der Waals surface area contributed by atoms with Crippen LogP contribution in [-0.2, 0) is 0 Å². The van der Waals surface area contributed by atoms with E-state index in [0.717, 1.165) is 19.5 Å². The van der Waals surface area contributed by atoms with Crippen LogP contribution in [0.25, 0.3) is 0 Å². The summed E-state index contributed by atoms with van der Waals surface area (Å²) in [5.41, 5.74) is 1.39. The van der Waals surface area contributed by atoms with Crippen molar-refractivity contribution in [3.63, 3.8) is 0 Å². The number of allylic oxidation sites excluding steroid dienone is 1. The summed E-state index contributed by atoms with van der Waals surface area (Å²) in [6.45, 7) is 6.17. The Hall–Kier alpha value is -0.630. The van der Waals surface area contributed by atoms with Gasteiger partial charge < -0.3 is 4.90 Å². The zero-order chi connectivity index (χ0) is 9.40. The number of hydrogen-bond donors (Lipinski definition) is 0. The minimum Gasteiger partial charge on any atom is -0.309 e. The summed E-state index contributed by atoms with van der Waals surface area (Å²) < 4.78 is 0. The lowest BCUT2D eigenvalue weighted by atomic mass is 10.2. The predicted molar refractivity (Wildman–Crippen MR) is 56.0 cm³/mol. The fourth-order valence-electron chi connectivity index (χ4n) is 0.769. The second-order valence-electron chi connectivity index (χ2n) is 3.21. The molecule has 0 aromatic rings. The van der Waals surface area contributed by atoms with Gasteiger partial charge in [0.15, 0.2) is 0 Å². The van der Waals surface area contributed by atoms with Gasteiger partial charge in [0, 0.05) is 19.3 Å². The fraction of sp³-hybridized carbons (Fsp3) is 0.700. The van der Waals surface area contributed by atoms with Gasteiger partial charge in [-0.05, 0) is 40.4 Å². The number of hydrogen-bond acceptors (Lipinski definition) is 2. The van der Waals surface area contributed by atoms with Crippen molar-refractivity contribution in [1.82, 2.24) is 4.90 Å². The van der Waals surface area contributed by atoms with E-state index in [0.29, 0.717) is 0 Å². The summed E-state index contributed by atoms with van der Waals surface area (Å²) in [4.78, 5) is 6.31. The van der Waals surface area contributed by atoms with Crippen LogP contribution in [-0.4, -0.2) is 38.3 Å². The lowest BCUT2D eigenvalue weighted by molar-refractivity contribution is 0.413. The molecule has 0 spiro atoms. The number of aliphatic imine (C=N–C) groups is 1.